The van der Waals surface area contributed by atoms with E-state index in [2.05, 4.69) is 44.1 Å². The van der Waals surface area contributed by atoms with Crippen molar-refractivity contribution in [2.24, 2.45) is 0 Å². The SMILES string of the molecule is Clc1ccc(C(=C2CCN(CCCCc3c[nH]cn3)CC2)c2ccccn2)cc1. The van der Waals surface area contributed by atoms with E-state index in [0.29, 0.717) is 0 Å². The number of hydrogen-bond donors (Lipinski definition) is 1. The molecule has 1 fully saturated rings. The van der Waals surface area contributed by atoms with E-state index in [4.69, 9.17) is 11.6 Å². The summed E-state index contributed by atoms with van der Waals surface area (Å²) in [5, 5.41) is 0.767. The smallest absolute Gasteiger partial charge is 0.0923 e. The number of imidazole rings is 1. The first-order valence-corrected chi connectivity index (χ1v) is 10.8. The van der Waals surface area contributed by atoms with Gasteiger partial charge in [-0.15, -0.1) is 0 Å². The Morgan fingerprint density at radius 3 is 2.52 bits per heavy atom. The van der Waals surface area contributed by atoms with Crippen LogP contribution in [-0.2, 0) is 6.42 Å². The maximum Gasteiger partial charge on any atom is 0.0923 e. The molecular formula is C24H27ClN4. The zero-order chi connectivity index (χ0) is 19.9. The second kappa shape index (κ2) is 9.86. The first-order chi connectivity index (χ1) is 14.3. The van der Waals surface area contributed by atoms with Crippen LogP contribution in [0.4, 0.5) is 0 Å². The van der Waals surface area contributed by atoms with E-state index in [1.54, 1.807) is 6.33 Å². The van der Waals surface area contributed by atoms with Crippen LogP contribution in [-0.4, -0.2) is 39.5 Å². The summed E-state index contributed by atoms with van der Waals surface area (Å²) >= 11 is 6.12. The highest BCUT2D eigenvalue weighted by atomic mass is 35.5. The second-order valence-corrected chi connectivity index (χ2v) is 8.00. The van der Waals surface area contributed by atoms with Crippen LogP contribution >= 0.6 is 11.6 Å². The molecule has 2 aromatic heterocycles. The van der Waals surface area contributed by atoms with Crippen molar-refractivity contribution in [3.8, 4) is 0 Å². The molecular weight excluding hydrogens is 380 g/mol. The fourth-order valence-electron chi connectivity index (χ4n) is 4.03. The van der Waals surface area contributed by atoms with E-state index in [1.165, 1.54) is 29.6 Å². The number of H-pyrrole nitrogens is 1. The van der Waals surface area contributed by atoms with Crippen molar-refractivity contribution in [2.75, 3.05) is 19.6 Å². The maximum absolute atomic E-state index is 6.12. The summed E-state index contributed by atoms with van der Waals surface area (Å²) in [5.41, 5.74) is 6.20. The van der Waals surface area contributed by atoms with E-state index in [9.17, 15) is 0 Å². The number of aromatic amines is 1. The van der Waals surface area contributed by atoms with Crippen LogP contribution in [0.5, 0.6) is 0 Å². The molecule has 0 atom stereocenters. The Labute approximate surface area is 177 Å². The number of halogens is 1. The van der Waals surface area contributed by atoms with E-state index in [0.717, 1.165) is 55.3 Å². The molecule has 0 radical (unpaired) electrons. The standard InChI is InChI=1S/C24H27ClN4/c25-21-9-7-19(8-10-21)24(23-6-1-3-13-27-23)20-11-15-29(16-12-20)14-4-2-5-22-17-26-18-28-22/h1,3,6-10,13,17-18H,2,4-5,11-12,14-16H2,(H,26,28). The molecule has 1 aromatic carbocycles. The lowest BCUT2D eigenvalue weighted by molar-refractivity contribution is 0.252. The molecule has 0 aliphatic carbocycles. The van der Waals surface area contributed by atoms with E-state index >= 15 is 0 Å². The Kier molecular flexibility index (Phi) is 6.75. The molecule has 4 rings (SSSR count). The molecule has 3 aromatic rings. The lowest BCUT2D eigenvalue weighted by atomic mass is 9.90. The largest absolute Gasteiger partial charge is 0.351 e. The van der Waals surface area contributed by atoms with Gasteiger partial charge in [-0.25, -0.2) is 4.98 Å². The summed E-state index contributed by atoms with van der Waals surface area (Å²) in [6.45, 7) is 3.39. The first kappa shape index (κ1) is 19.9. The van der Waals surface area contributed by atoms with Gasteiger partial charge in [0.05, 0.1) is 17.7 Å². The number of pyridine rings is 1. The molecule has 1 saturated heterocycles. The van der Waals surface area contributed by atoms with Crippen molar-refractivity contribution < 1.29 is 0 Å². The summed E-state index contributed by atoms with van der Waals surface area (Å²) in [6, 6.07) is 14.3. The number of piperidine rings is 1. The molecule has 29 heavy (non-hydrogen) atoms. The van der Waals surface area contributed by atoms with Crippen LogP contribution in [0.1, 0.15) is 42.6 Å². The van der Waals surface area contributed by atoms with Gasteiger partial charge in [0.2, 0.25) is 0 Å². The monoisotopic (exact) mass is 406 g/mol. The normalized spacial score (nSPS) is 14.9. The maximum atomic E-state index is 6.12. The van der Waals surface area contributed by atoms with Gasteiger partial charge in [-0.1, -0.05) is 35.4 Å². The Hall–Kier alpha value is -2.43. The topological polar surface area (TPSA) is 44.8 Å². The molecule has 3 heterocycles. The lowest BCUT2D eigenvalue weighted by Gasteiger charge is -2.30. The summed E-state index contributed by atoms with van der Waals surface area (Å²) in [5.74, 6) is 0. The number of rotatable bonds is 7. The van der Waals surface area contributed by atoms with Crippen LogP contribution in [0.3, 0.4) is 0 Å². The summed E-state index contributed by atoms with van der Waals surface area (Å²) in [7, 11) is 0. The quantitative estimate of drug-likeness (QED) is 0.536. The Morgan fingerprint density at radius 2 is 1.83 bits per heavy atom. The average Bonchev–Trinajstić information content (AvgIpc) is 3.28. The number of nitrogens with one attached hydrogen (secondary N) is 1. The third kappa shape index (κ3) is 5.34. The van der Waals surface area contributed by atoms with Crippen LogP contribution in [0.25, 0.3) is 5.57 Å². The second-order valence-electron chi connectivity index (χ2n) is 7.56. The minimum atomic E-state index is 0.767. The molecule has 0 unspecified atom stereocenters. The molecule has 150 valence electrons. The van der Waals surface area contributed by atoms with Crippen molar-refractivity contribution in [1.82, 2.24) is 19.9 Å². The number of aromatic nitrogens is 3. The van der Waals surface area contributed by atoms with Gasteiger partial charge in [-0.3, -0.25) is 4.98 Å². The average molecular weight is 407 g/mol. The van der Waals surface area contributed by atoms with Crippen LogP contribution in [0, 0.1) is 0 Å². The molecule has 1 aliphatic heterocycles. The van der Waals surface area contributed by atoms with Gasteiger partial charge >= 0.3 is 0 Å². The highest BCUT2D eigenvalue weighted by Crippen LogP contribution is 2.32. The summed E-state index contributed by atoms with van der Waals surface area (Å²) in [4.78, 5) is 14.6. The van der Waals surface area contributed by atoms with Crippen LogP contribution in [0.15, 0.2) is 66.8 Å². The fourth-order valence-corrected chi connectivity index (χ4v) is 4.15. The zero-order valence-electron chi connectivity index (χ0n) is 16.6. The number of aryl methyl sites for hydroxylation is 1. The molecule has 0 saturated carbocycles. The van der Waals surface area contributed by atoms with Gasteiger partial charge in [0, 0.05) is 36.1 Å². The summed E-state index contributed by atoms with van der Waals surface area (Å²) < 4.78 is 0. The van der Waals surface area contributed by atoms with Crippen molar-refractivity contribution >= 4 is 17.2 Å². The molecule has 0 amide bonds. The van der Waals surface area contributed by atoms with Crippen molar-refractivity contribution in [3.05, 3.63) is 88.7 Å². The Morgan fingerprint density at radius 1 is 1.00 bits per heavy atom. The molecule has 0 bridgehead atoms. The van der Waals surface area contributed by atoms with E-state index < -0.39 is 0 Å². The molecule has 4 nitrogen and oxygen atoms in total. The summed E-state index contributed by atoms with van der Waals surface area (Å²) in [6.07, 6.45) is 11.3. The number of hydrogen-bond acceptors (Lipinski definition) is 3. The van der Waals surface area contributed by atoms with Gasteiger partial charge in [-0.05, 0) is 68.5 Å². The fraction of sp³-hybridized carbons (Fsp3) is 0.333. The van der Waals surface area contributed by atoms with Gasteiger partial charge in [-0.2, -0.15) is 0 Å². The van der Waals surface area contributed by atoms with E-state index in [-0.39, 0.29) is 0 Å². The highest BCUT2D eigenvalue weighted by molar-refractivity contribution is 6.30. The molecule has 0 spiro atoms. The van der Waals surface area contributed by atoms with E-state index in [1.807, 2.05) is 30.6 Å². The van der Waals surface area contributed by atoms with Crippen LogP contribution < -0.4 is 0 Å². The molecule has 5 heteroatoms. The number of unbranched alkanes of at least 4 members (excludes halogenated alkanes) is 1. The van der Waals surface area contributed by atoms with Crippen molar-refractivity contribution in [1.29, 1.82) is 0 Å². The third-order valence-corrected chi connectivity index (χ3v) is 5.83. The van der Waals surface area contributed by atoms with Gasteiger partial charge in [0.25, 0.3) is 0 Å². The lowest BCUT2D eigenvalue weighted by Crippen LogP contribution is -2.32. The molecule has 1 N–H and O–H groups in total. The predicted molar refractivity (Wildman–Crippen MR) is 119 cm³/mol. The van der Waals surface area contributed by atoms with Crippen molar-refractivity contribution in [3.63, 3.8) is 0 Å². The third-order valence-electron chi connectivity index (χ3n) is 5.58. The minimum absolute atomic E-state index is 0.767. The predicted octanol–water partition coefficient (Wildman–Crippen LogP) is 5.38. The number of benzene rings is 1. The highest BCUT2D eigenvalue weighted by Gasteiger charge is 2.19. The van der Waals surface area contributed by atoms with Gasteiger partial charge in [0.15, 0.2) is 0 Å². The zero-order valence-corrected chi connectivity index (χ0v) is 17.4. The molecule has 1 aliphatic rings. The van der Waals surface area contributed by atoms with Crippen molar-refractivity contribution in [2.45, 2.75) is 32.1 Å². The minimum Gasteiger partial charge on any atom is -0.351 e. The van der Waals surface area contributed by atoms with Gasteiger partial charge in [0.1, 0.15) is 0 Å². The first-order valence-electron chi connectivity index (χ1n) is 10.4. The number of nitrogens with zero attached hydrogens (tertiary/aromatic N) is 3. The number of likely N-dealkylation sites (tertiary alicyclic amines) is 1. The van der Waals surface area contributed by atoms with Gasteiger partial charge < -0.3 is 9.88 Å². The Bertz CT molecular complexity index is 907. The Balaban J connectivity index is 1.40. The van der Waals surface area contributed by atoms with Crippen LogP contribution in [0.2, 0.25) is 5.02 Å².